The number of amides is 1. The van der Waals surface area contributed by atoms with Crippen LogP contribution in [-0.4, -0.2) is 15.5 Å². The summed E-state index contributed by atoms with van der Waals surface area (Å²) in [6.07, 6.45) is 3.44. The van der Waals surface area contributed by atoms with Crippen molar-refractivity contribution in [2.45, 2.75) is 6.92 Å². The van der Waals surface area contributed by atoms with E-state index in [1.165, 1.54) is 10.6 Å². The molecule has 0 aliphatic heterocycles. The molecule has 0 aliphatic carbocycles. The molecule has 0 atom stereocenters. The van der Waals surface area contributed by atoms with E-state index in [0.717, 1.165) is 10.8 Å². The smallest absolute Gasteiger partial charge is 0.307 e. The van der Waals surface area contributed by atoms with Gasteiger partial charge in [0.2, 0.25) is 0 Å². The van der Waals surface area contributed by atoms with Crippen LogP contribution >= 0.6 is 0 Å². The summed E-state index contributed by atoms with van der Waals surface area (Å²) >= 11 is 0. The van der Waals surface area contributed by atoms with Crippen LogP contribution in [0.4, 0.5) is 16.2 Å². The number of carbonyl (C=O) groups excluding carboxylic acids is 1. The van der Waals surface area contributed by atoms with Gasteiger partial charge in [0.25, 0.3) is 5.69 Å². The lowest BCUT2D eigenvalue weighted by atomic mass is 10.1. The van der Waals surface area contributed by atoms with Gasteiger partial charge in [-0.2, -0.15) is 0 Å². The number of fused-ring (bicyclic) bond motifs is 1. The van der Waals surface area contributed by atoms with Crippen LogP contribution in [0.3, 0.4) is 0 Å². The summed E-state index contributed by atoms with van der Waals surface area (Å²) in [5.74, 6) is 0. The molecule has 1 heterocycles. The molecule has 110 valence electrons. The Morgan fingerprint density at radius 3 is 2.32 bits per heavy atom. The molecule has 1 N–H and O–H groups in total. The van der Waals surface area contributed by atoms with E-state index in [1.54, 1.807) is 31.5 Å². The molecule has 1 aromatic heterocycles. The third-order valence-corrected chi connectivity index (χ3v) is 3.53. The number of nitrogens with zero attached hydrogens (tertiary/aromatic N) is 2. The van der Waals surface area contributed by atoms with E-state index in [1.807, 2.05) is 24.3 Å². The summed E-state index contributed by atoms with van der Waals surface area (Å²) < 4.78 is 1.43. The average Bonchev–Trinajstić information content (AvgIpc) is 2.93. The van der Waals surface area contributed by atoms with Gasteiger partial charge < -0.3 is 5.32 Å². The lowest BCUT2D eigenvalue weighted by molar-refractivity contribution is -0.385. The molecule has 6 heteroatoms. The largest absolute Gasteiger partial charge is 0.330 e. The van der Waals surface area contributed by atoms with Gasteiger partial charge in [0.05, 0.1) is 16.2 Å². The highest BCUT2D eigenvalue weighted by atomic mass is 16.6. The summed E-state index contributed by atoms with van der Waals surface area (Å²) in [5.41, 5.74) is 0.838. The van der Waals surface area contributed by atoms with Gasteiger partial charge in [0.15, 0.2) is 0 Å². The van der Waals surface area contributed by atoms with Gasteiger partial charge in [-0.05, 0) is 23.8 Å². The molecule has 0 unspecified atom stereocenters. The second-order valence-corrected chi connectivity index (χ2v) is 4.93. The molecule has 0 saturated heterocycles. The van der Waals surface area contributed by atoms with E-state index in [4.69, 9.17) is 0 Å². The van der Waals surface area contributed by atoms with Crippen molar-refractivity contribution in [1.82, 2.24) is 4.57 Å². The number of hydrogen-bond donors (Lipinski definition) is 1. The van der Waals surface area contributed by atoms with Crippen molar-refractivity contribution in [3.63, 3.8) is 0 Å². The van der Waals surface area contributed by atoms with Gasteiger partial charge >= 0.3 is 6.03 Å². The molecule has 0 radical (unpaired) electrons. The van der Waals surface area contributed by atoms with E-state index in [9.17, 15) is 14.9 Å². The molecule has 3 aromatic rings. The zero-order valence-corrected chi connectivity index (χ0v) is 11.8. The Bertz CT molecular complexity index is 850. The molecule has 22 heavy (non-hydrogen) atoms. The highest BCUT2D eigenvalue weighted by Crippen LogP contribution is 2.25. The Balaban J connectivity index is 1.91. The molecule has 2 aromatic carbocycles. The first kappa shape index (κ1) is 13.8. The standard InChI is InChI=1S/C16H13N3O3/c1-11-14(7-4-8-15(11)19(21)22)17-16(20)18-9-12-5-2-3-6-13(12)10-18/h2-10H,1H3,(H,17,20). The minimum Gasteiger partial charge on any atom is -0.307 e. The van der Waals surface area contributed by atoms with Crippen molar-refractivity contribution in [3.8, 4) is 0 Å². The van der Waals surface area contributed by atoms with E-state index in [2.05, 4.69) is 5.32 Å². The van der Waals surface area contributed by atoms with Gasteiger partial charge in [0, 0.05) is 18.5 Å². The number of anilines is 1. The highest BCUT2D eigenvalue weighted by Gasteiger charge is 2.15. The normalized spacial score (nSPS) is 10.6. The van der Waals surface area contributed by atoms with Crippen LogP contribution in [0.1, 0.15) is 5.56 Å². The molecular formula is C16H13N3O3. The monoisotopic (exact) mass is 295 g/mol. The Morgan fingerprint density at radius 2 is 1.73 bits per heavy atom. The van der Waals surface area contributed by atoms with Crippen LogP contribution in [-0.2, 0) is 0 Å². The van der Waals surface area contributed by atoms with E-state index in [0.29, 0.717) is 11.3 Å². The fourth-order valence-corrected chi connectivity index (χ4v) is 2.34. The van der Waals surface area contributed by atoms with Gasteiger partial charge in [0.1, 0.15) is 0 Å². The molecular weight excluding hydrogens is 282 g/mol. The number of hydrogen-bond acceptors (Lipinski definition) is 3. The number of nitro groups is 1. The quantitative estimate of drug-likeness (QED) is 0.574. The number of carbonyl (C=O) groups is 1. The summed E-state index contributed by atoms with van der Waals surface area (Å²) in [7, 11) is 0. The Hall–Kier alpha value is -3.15. The minimum absolute atomic E-state index is 0.0181. The summed E-state index contributed by atoms with van der Waals surface area (Å²) in [6, 6.07) is 11.9. The van der Waals surface area contributed by atoms with E-state index < -0.39 is 4.92 Å². The first-order valence-electron chi connectivity index (χ1n) is 6.68. The molecule has 0 aliphatic rings. The Kier molecular flexibility index (Phi) is 3.34. The average molecular weight is 295 g/mol. The maximum absolute atomic E-state index is 12.3. The van der Waals surface area contributed by atoms with Gasteiger partial charge in [-0.3, -0.25) is 14.7 Å². The fourth-order valence-electron chi connectivity index (χ4n) is 2.34. The number of rotatable bonds is 2. The summed E-state index contributed by atoms with van der Waals surface area (Å²) in [4.78, 5) is 22.8. The van der Waals surface area contributed by atoms with Crippen molar-refractivity contribution in [1.29, 1.82) is 0 Å². The van der Waals surface area contributed by atoms with Crippen LogP contribution in [0, 0.1) is 17.0 Å². The molecule has 0 fully saturated rings. The Labute approximate surface area is 126 Å². The minimum atomic E-state index is -0.463. The molecule has 1 amide bonds. The summed E-state index contributed by atoms with van der Waals surface area (Å²) in [5, 5.41) is 15.5. The van der Waals surface area contributed by atoms with Crippen molar-refractivity contribution in [2.24, 2.45) is 0 Å². The second kappa shape index (κ2) is 5.33. The maximum atomic E-state index is 12.3. The van der Waals surface area contributed by atoms with Gasteiger partial charge in [-0.15, -0.1) is 0 Å². The number of aromatic nitrogens is 1. The highest BCUT2D eigenvalue weighted by molar-refractivity contribution is 5.96. The van der Waals surface area contributed by atoms with Crippen LogP contribution in [0.5, 0.6) is 0 Å². The van der Waals surface area contributed by atoms with E-state index in [-0.39, 0.29) is 11.7 Å². The van der Waals surface area contributed by atoms with Crippen LogP contribution < -0.4 is 5.32 Å². The zero-order valence-electron chi connectivity index (χ0n) is 11.8. The van der Waals surface area contributed by atoms with Crippen LogP contribution in [0.2, 0.25) is 0 Å². The number of benzene rings is 2. The van der Waals surface area contributed by atoms with Gasteiger partial charge in [-0.1, -0.05) is 30.3 Å². The predicted molar refractivity (Wildman–Crippen MR) is 84.2 cm³/mol. The van der Waals surface area contributed by atoms with Crippen molar-refractivity contribution in [2.75, 3.05) is 5.32 Å². The first-order valence-corrected chi connectivity index (χ1v) is 6.68. The Morgan fingerprint density at radius 1 is 1.09 bits per heavy atom. The summed E-state index contributed by atoms with van der Waals surface area (Å²) in [6.45, 7) is 1.61. The molecule has 0 saturated carbocycles. The van der Waals surface area contributed by atoms with Crippen LogP contribution in [0.15, 0.2) is 54.9 Å². The number of nitrogens with one attached hydrogen (secondary N) is 1. The molecule has 0 bridgehead atoms. The third-order valence-electron chi connectivity index (χ3n) is 3.53. The fraction of sp³-hybridized carbons (Fsp3) is 0.0625. The molecule has 0 spiro atoms. The predicted octanol–water partition coefficient (Wildman–Crippen LogP) is 3.94. The SMILES string of the molecule is Cc1c(NC(=O)n2cc3ccccc3c2)cccc1[N+](=O)[O-]. The topological polar surface area (TPSA) is 77.2 Å². The second-order valence-electron chi connectivity index (χ2n) is 4.93. The van der Waals surface area contributed by atoms with Crippen molar-refractivity contribution in [3.05, 3.63) is 70.5 Å². The first-order chi connectivity index (χ1) is 10.6. The molecule has 6 nitrogen and oxygen atoms in total. The molecule has 3 rings (SSSR count). The number of nitro benzene ring substituents is 1. The third kappa shape index (κ3) is 2.42. The van der Waals surface area contributed by atoms with Crippen molar-refractivity contribution >= 4 is 28.2 Å². The lowest BCUT2D eigenvalue weighted by Gasteiger charge is -2.08. The van der Waals surface area contributed by atoms with Gasteiger partial charge in [-0.25, -0.2) is 4.79 Å². The lowest BCUT2D eigenvalue weighted by Crippen LogP contribution is -2.18. The van der Waals surface area contributed by atoms with Crippen molar-refractivity contribution < 1.29 is 9.72 Å². The van der Waals surface area contributed by atoms with Crippen LogP contribution in [0.25, 0.3) is 10.8 Å². The maximum Gasteiger partial charge on any atom is 0.330 e. The van der Waals surface area contributed by atoms with E-state index >= 15 is 0 Å². The zero-order chi connectivity index (χ0) is 15.7.